The Kier molecular flexibility index (Phi) is 7.36. The van der Waals surface area contributed by atoms with Gasteiger partial charge in [0.25, 0.3) is 0 Å². The molecule has 2 aromatic rings. The smallest absolute Gasteiger partial charge is 0.243 e. The highest BCUT2D eigenvalue weighted by atomic mass is 16.2. The van der Waals surface area contributed by atoms with Gasteiger partial charge in [0.15, 0.2) is 0 Å². The molecule has 34 heavy (non-hydrogen) atoms. The molecule has 3 amide bonds. The van der Waals surface area contributed by atoms with Crippen LogP contribution in [0, 0.1) is 13.8 Å². The zero-order valence-electron chi connectivity index (χ0n) is 19.7. The van der Waals surface area contributed by atoms with Crippen LogP contribution < -0.4 is 15.5 Å². The normalized spacial score (nSPS) is 19.0. The van der Waals surface area contributed by atoms with E-state index in [1.54, 1.807) is 23.4 Å². The van der Waals surface area contributed by atoms with Gasteiger partial charge in [0.05, 0.1) is 13.0 Å². The summed E-state index contributed by atoms with van der Waals surface area (Å²) in [4.78, 5) is 52.7. The number of nitrogens with zero attached hydrogens (tertiary/aromatic N) is 5. The SMILES string of the molecule is Cc1cc(C)cc(NC(=O)C[C@H]2C(=O)NCCN2C(=O)CN2CCN(c3ncccn3)CC2)c1. The first-order chi connectivity index (χ1) is 16.4. The molecular formula is C24H31N7O3. The number of anilines is 2. The van der Waals surface area contributed by atoms with Crippen molar-refractivity contribution in [3.63, 3.8) is 0 Å². The molecule has 0 bridgehead atoms. The first kappa shape index (κ1) is 23.6. The zero-order chi connectivity index (χ0) is 24.1. The number of piperazine rings is 2. The molecule has 4 rings (SSSR count). The van der Waals surface area contributed by atoms with E-state index in [0.29, 0.717) is 37.8 Å². The molecule has 0 radical (unpaired) electrons. The molecule has 180 valence electrons. The number of benzene rings is 1. The van der Waals surface area contributed by atoms with Gasteiger partial charge >= 0.3 is 0 Å². The van der Waals surface area contributed by atoms with Crippen LogP contribution in [0.15, 0.2) is 36.7 Å². The minimum atomic E-state index is -0.814. The van der Waals surface area contributed by atoms with Crippen molar-refractivity contribution in [2.45, 2.75) is 26.3 Å². The second-order valence-corrected chi connectivity index (χ2v) is 8.83. The fourth-order valence-electron chi connectivity index (χ4n) is 4.49. The van der Waals surface area contributed by atoms with Gasteiger partial charge in [-0.25, -0.2) is 9.97 Å². The maximum absolute atomic E-state index is 13.1. The molecule has 0 spiro atoms. The van der Waals surface area contributed by atoms with Crippen LogP contribution in [0.2, 0.25) is 0 Å². The van der Waals surface area contributed by atoms with Crippen LogP contribution in [0.3, 0.4) is 0 Å². The highest BCUT2D eigenvalue weighted by Gasteiger charge is 2.35. The fraction of sp³-hybridized carbons (Fsp3) is 0.458. The van der Waals surface area contributed by atoms with Gasteiger partial charge in [-0.05, 0) is 43.2 Å². The fourth-order valence-corrected chi connectivity index (χ4v) is 4.49. The first-order valence-corrected chi connectivity index (χ1v) is 11.6. The molecule has 3 heterocycles. The van der Waals surface area contributed by atoms with E-state index in [1.807, 2.05) is 32.0 Å². The lowest BCUT2D eigenvalue weighted by Crippen LogP contribution is -2.60. The second kappa shape index (κ2) is 10.6. The molecule has 2 saturated heterocycles. The van der Waals surface area contributed by atoms with Crippen molar-refractivity contribution in [1.82, 2.24) is 25.1 Å². The summed E-state index contributed by atoms with van der Waals surface area (Å²) in [5.74, 6) is -0.0259. The number of carbonyl (C=O) groups excluding carboxylic acids is 3. The summed E-state index contributed by atoms with van der Waals surface area (Å²) < 4.78 is 0. The quantitative estimate of drug-likeness (QED) is 0.642. The van der Waals surface area contributed by atoms with E-state index in [0.717, 1.165) is 24.2 Å². The number of aryl methyl sites for hydroxylation is 2. The summed E-state index contributed by atoms with van der Waals surface area (Å²) in [5, 5.41) is 5.65. The van der Waals surface area contributed by atoms with E-state index in [4.69, 9.17) is 0 Å². The topological polar surface area (TPSA) is 111 Å². The maximum atomic E-state index is 13.1. The van der Waals surface area contributed by atoms with E-state index >= 15 is 0 Å². The maximum Gasteiger partial charge on any atom is 0.243 e. The third kappa shape index (κ3) is 5.88. The summed E-state index contributed by atoms with van der Waals surface area (Å²) in [6, 6.07) is 6.76. The predicted octanol–water partition coefficient (Wildman–Crippen LogP) is 0.571. The van der Waals surface area contributed by atoms with Gasteiger partial charge < -0.3 is 20.4 Å². The van der Waals surface area contributed by atoms with Crippen LogP contribution >= 0.6 is 0 Å². The van der Waals surface area contributed by atoms with Gasteiger partial charge in [0, 0.05) is 57.3 Å². The lowest BCUT2D eigenvalue weighted by atomic mass is 10.1. The Bertz CT molecular complexity index is 1020. The van der Waals surface area contributed by atoms with Crippen molar-refractivity contribution >= 4 is 29.4 Å². The number of rotatable bonds is 6. The van der Waals surface area contributed by atoms with Gasteiger partial charge in [0.2, 0.25) is 23.7 Å². The van der Waals surface area contributed by atoms with Gasteiger partial charge in [-0.15, -0.1) is 0 Å². The number of hydrogen-bond acceptors (Lipinski definition) is 7. The van der Waals surface area contributed by atoms with E-state index < -0.39 is 6.04 Å². The average molecular weight is 466 g/mol. The van der Waals surface area contributed by atoms with Gasteiger partial charge in [-0.3, -0.25) is 19.3 Å². The van der Waals surface area contributed by atoms with Crippen molar-refractivity contribution in [2.75, 3.05) is 56.0 Å². The Labute approximate surface area is 199 Å². The van der Waals surface area contributed by atoms with Crippen molar-refractivity contribution in [3.8, 4) is 0 Å². The third-order valence-corrected chi connectivity index (χ3v) is 6.10. The molecule has 2 aliphatic rings. The predicted molar refractivity (Wildman–Crippen MR) is 128 cm³/mol. The minimum absolute atomic E-state index is 0.0797. The molecular weight excluding hydrogens is 434 g/mol. The molecule has 2 N–H and O–H groups in total. The van der Waals surface area contributed by atoms with Gasteiger partial charge in [-0.2, -0.15) is 0 Å². The Balaban J connectivity index is 1.33. The van der Waals surface area contributed by atoms with E-state index in [1.165, 1.54) is 0 Å². The van der Waals surface area contributed by atoms with E-state index in [-0.39, 0.29) is 30.7 Å². The molecule has 0 unspecified atom stereocenters. The summed E-state index contributed by atoms with van der Waals surface area (Å²) in [7, 11) is 0. The van der Waals surface area contributed by atoms with Crippen LogP contribution in [0.4, 0.5) is 11.6 Å². The summed E-state index contributed by atoms with van der Waals surface area (Å²) in [6.45, 7) is 7.76. The molecule has 1 aromatic heterocycles. The molecule has 1 atom stereocenters. The van der Waals surface area contributed by atoms with Crippen LogP contribution in [0.25, 0.3) is 0 Å². The molecule has 2 fully saturated rings. The minimum Gasteiger partial charge on any atom is -0.353 e. The molecule has 0 aliphatic carbocycles. The number of hydrogen-bond donors (Lipinski definition) is 2. The largest absolute Gasteiger partial charge is 0.353 e. The zero-order valence-corrected chi connectivity index (χ0v) is 19.7. The summed E-state index contributed by atoms with van der Waals surface area (Å²) in [5.41, 5.74) is 2.78. The van der Waals surface area contributed by atoms with E-state index in [2.05, 4.69) is 30.4 Å². The van der Waals surface area contributed by atoms with Crippen LogP contribution in [-0.2, 0) is 14.4 Å². The standard InChI is InChI=1S/C24H31N7O3/c1-17-12-18(2)14-19(13-17)28-21(32)15-20-23(34)25-6-7-31(20)22(33)16-29-8-10-30(11-9-29)24-26-4-3-5-27-24/h3-5,12-14,20H,6-11,15-16H2,1-2H3,(H,25,34)(H,28,32)/t20-/m0/s1. The Morgan fingerprint density at radius 3 is 2.38 bits per heavy atom. The monoisotopic (exact) mass is 465 g/mol. The molecule has 2 aliphatic heterocycles. The van der Waals surface area contributed by atoms with Crippen LogP contribution in [0.5, 0.6) is 0 Å². The second-order valence-electron chi connectivity index (χ2n) is 8.83. The van der Waals surface area contributed by atoms with Gasteiger partial charge in [0.1, 0.15) is 6.04 Å². The third-order valence-electron chi connectivity index (χ3n) is 6.10. The Morgan fingerprint density at radius 1 is 1.03 bits per heavy atom. The summed E-state index contributed by atoms with van der Waals surface area (Å²) >= 11 is 0. The van der Waals surface area contributed by atoms with Crippen LogP contribution in [0.1, 0.15) is 17.5 Å². The molecule has 0 saturated carbocycles. The molecule has 1 aromatic carbocycles. The van der Waals surface area contributed by atoms with Gasteiger partial charge in [-0.1, -0.05) is 6.07 Å². The average Bonchev–Trinajstić information content (AvgIpc) is 2.80. The molecule has 10 heteroatoms. The lowest BCUT2D eigenvalue weighted by Gasteiger charge is -2.38. The van der Waals surface area contributed by atoms with Crippen molar-refractivity contribution in [2.24, 2.45) is 0 Å². The highest BCUT2D eigenvalue weighted by molar-refractivity contribution is 5.97. The first-order valence-electron chi connectivity index (χ1n) is 11.6. The van der Waals surface area contributed by atoms with Crippen molar-refractivity contribution in [3.05, 3.63) is 47.8 Å². The highest BCUT2D eigenvalue weighted by Crippen LogP contribution is 2.17. The van der Waals surface area contributed by atoms with E-state index in [9.17, 15) is 14.4 Å². The number of aromatic nitrogens is 2. The Hall–Kier alpha value is -3.53. The summed E-state index contributed by atoms with van der Waals surface area (Å²) in [6.07, 6.45) is 3.36. The van der Waals surface area contributed by atoms with Crippen LogP contribution in [-0.4, -0.2) is 89.3 Å². The number of amides is 3. The number of nitrogens with one attached hydrogen (secondary N) is 2. The Morgan fingerprint density at radius 2 is 1.71 bits per heavy atom. The van der Waals surface area contributed by atoms with Crippen molar-refractivity contribution in [1.29, 1.82) is 0 Å². The lowest BCUT2D eigenvalue weighted by molar-refractivity contribution is -0.145. The number of carbonyl (C=O) groups is 3. The van der Waals surface area contributed by atoms with Crippen molar-refractivity contribution < 1.29 is 14.4 Å². The molecule has 10 nitrogen and oxygen atoms in total.